The Hall–Kier alpha value is -2.87. The standard InChI is InChI=1S/C12H11NO.C11H8BrN.C5H3Br2N/c1-14-12-9-5-8-11(13-12)10-6-3-2-4-7-10;12-11-8-4-7-10(13-11)9-5-2-1-3-6-9;6-4-2-1-3-5(7)8-4/h2-9H,1H3;1-8H;1-3H. The lowest BCUT2D eigenvalue weighted by molar-refractivity contribution is 0.398. The van der Waals surface area contributed by atoms with Crippen LogP contribution in [0.5, 0.6) is 5.88 Å². The number of rotatable bonds is 3. The van der Waals surface area contributed by atoms with Gasteiger partial charge in [-0.15, -0.1) is 0 Å². The molecule has 2 aromatic carbocycles. The number of benzene rings is 2. The minimum absolute atomic E-state index is 0.645. The second kappa shape index (κ2) is 14.5. The molecule has 0 aliphatic carbocycles. The van der Waals surface area contributed by atoms with Crippen LogP contribution in [0.4, 0.5) is 0 Å². The fourth-order valence-electron chi connectivity index (χ4n) is 2.86. The first-order valence-corrected chi connectivity index (χ1v) is 13.0. The lowest BCUT2D eigenvalue weighted by Gasteiger charge is -2.02. The molecule has 5 aromatic rings. The van der Waals surface area contributed by atoms with Crippen molar-refractivity contribution in [1.82, 2.24) is 15.0 Å². The van der Waals surface area contributed by atoms with Crippen molar-refractivity contribution in [3.63, 3.8) is 0 Å². The third-order valence-electron chi connectivity index (χ3n) is 4.47. The smallest absolute Gasteiger partial charge is 0.213 e. The predicted octanol–water partition coefficient (Wildman–Crippen LogP) is 8.87. The Kier molecular flexibility index (Phi) is 11.1. The molecule has 176 valence electrons. The van der Waals surface area contributed by atoms with Crippen LogP contribution in [0.3, 0.4) is 0 Å². The zero-order valence-corrected chi connectivity index (χ0v) is 23.6. The summed E-state index contributed by atoms with van der Waals surface area (Å²) in [6, 6.07) is 37.5. The van der Waals surface area contributed by atoms with Crippen LogP contribution in [0, 0.1) is 0 Å². The van der Waals surface area contributed by atoms with E-state index in [1.165, 1.54) is 0 Å². The summed E-state index contributed by atoms with van der Waals surface area (Å²) in [5.74, 6) is 0.645. The second-order valence-electron chi connectivity index (χ2n) is 6.93. The summed E-state index contributed by atoms with van der Waals surface area (Å²) in [5.41, 5.74) is 4.18. The Morgan fingerprint density at radius 3 is 1.31 bits per heavy atom. The average Bonchev–Trinajstić information content (AvgIpc) is 2.90. The minimum Gasteiger partial charge on any atom is -0.481 e. The van der Waals surface area contributed by atoms with Crippen molar-refractivity contribution >= 4 is 47.8 Å². The lowest BCUT2D eigenvalue weighted by atomic mass is 10.1. The van der Waals surface area contributed by atoms with E-state index in [9.17, 15) is 0 Å². The third kappa shape index (κ3) is 9.36. The summed E-state index contributed by atoms with van der Waals surface area (Å²) in [7, 11) is 1.62. The first kappa shape index (κ1) is 26.7. The number of hydrogen-bond donors (Lipinski definition) is 0. The maximum Gasteiger partial charge on any atom is 0.213 e. The number of nitrogens with zero attached hydrogens (tertiary/aromatic N) is 3. The van der Waals surface area contributed by atoms with Crippen LogP contribution < -0.4 is 4.74 Å². The van der Waals surface area contributed by atoms with Crippen molar-refractivity contribution in [3.05, 3.63) is 129 Å². The predicted molar refractivity (Wildman–Crippen MR) is 153 cm³/mol. The zero-order chi connectivity index (χ0) is 24.9. The van der Waals surface area contributed by atoms with E-state index in [-0.39, 0.29) is 0 Å². The van der Waals surface area contributed by atoms with Gasteiger partial charge < -0.3 is 4.74 Å². The Morgan fingerprint density at radius 2 is 0.886 bits per heavy atom. The zero-order valence-electron chi connectivity index (χ0n) is 18.9. The largest absolute Gasteiger partial charge is 0.481 e. The summed E-state index contributed by atoms with van der Waals surface area (Å²) in [5, 5.41) is 0. The fraction of sp³-hybridized carbons (Fsp3) is 0.0357. The molecule has 0 atom stereocenters. The lowest BCUT2D eigenvalue weighted by Crippen LogP contribution is -1.88. The second-order valence-corrected chi connectivity index (χ2v) is 9.36. The van der Waals surface area contributed by atoms with Gasteiger partial charge in [0.05, 0.1) is 18.5 Å². The van der Waals surface area contributed by atoms with Gasteiger partial charge in [0.15, 0.2) is 0 Å². The first-order chi connectivity index (χ1) is 17.0. The summed E-state index contributed by atoms with van der Waals surface area (Å²) in [4.78, 5) is 12.7. The number of halogens is 3. The summed E-state index contributed by atoms with van der Waals surface area (Å²) >= 11 is 9.79. The van der Waals surface area contributed by atoms with E-state index in [4.69, 9.17) is 4.74 Å². The van der Waals surface area contributed by atoms with Gasteiger partial charge in [0, 0.05) is 17.2 Å². The molecule has 0 bridgehead atoms. The third-order valence-corrected chi connectivity index (χ3v) is 5.79. The van der Waals surface area contributed by atoms with Crippen LogP contribution >= 0.6 is 47.8 Å². The van der Waals surface area contributed by atoms with Gasteiger partial charge in [-0.05, 0) is 78.1 Å². The SMILES string of the molecule is Brc1cccc(-c2ccccc2)n1.Brc1cccc(Br)n1.COc1cccc(-c2ccccc2)n1. The topological polar surface area (TPSA) is 47.9 Å². The van der Waals surface area contributed by atoms with Crippen LogP contribution in [-0.4, -0.2) is 22.1 Å². The van der Waals surface area contributed by atoms with E-state index >= 15 is 0 Å². The molecule has 0 saturated carbocycles. The molecule has 7 heteroatoms. The van der Waals surface area contributed by atoms with Gasteiger partial charge in [0.2, 0.25) is 5.88 Å². The molecule has 0 unspecified atom stereocenters. The Bertz CT molecular complexity index is 1300. The maximum absolute atomic E-state index is 5.07. The summed E-state index contributed by atoms with van der Waals surface area (Å²) in [6.07, 6.45) is 0. The number of pyridine rings is 3. The van der Waals surface area contributed by atoms with E-state index in [1.807, 2.05) is 103 Å². The highest BCUT2D eigenvalue weighted by molar-refractivity contribution is 9.11. The van der Waals surface area contributed by atoms with E-state index in [2.05, 4.69) is 74.9 Å². The van der Waals surface area contributed by atoms with Crippen LogP contribution in [-0.2, 0) is 0 Å². The highest BCUT2D eigenvalue weighted by Gasteiger charge is 1.99. The number of methoxy groups -OCH3 is 1. The van der Waals surface area contributed by atoms with Crippen molar-refractivity contribution < 1.29 is 4.74 Å². The number of aromatic nitrogens is 3. The molecule has 0 aliphatic rings. The normalized spacial score (nSPS) is 9.71. The Balaban J connectivity index is 0.000000152. The Morgan fingerprint density at radius 1 is 0.457 bits per heavy atom. The number of ether oxygens (including phenoxy) is 1. The van der Waals surface area contributed by atoms with E-state index in [0.717, 1.165) is 36.3 Å². The average molecular weight is 656 g/mol. The maximum atomic E-state index is 5.07. The molecule has 0 radical (unpaired) electrons. The van der Waals surface area contributed by atoms with Crippen molar-refractivity contribution in [1.29, 1.82) is 0 Å². The van der Waals surface area contributed by atoms with Gasteiger partial charge >= 0.3 is 0 Å². The van der Waals surface area contributed by atoms with Gasteiger partial charge in [-0.3, -0.25) is 0 Å². The molecule has 4 nitrogen and oxygen atoms in total. The molecule has 0 spiro atoms. The van der Waals surface area contributed by atoms with Gasteiger partial charge in [-0.1, -0.05) is 78.9 Å². The van der Waals surface area contributed by atoms with Gasteiger partial charge in [-0.2, -0.15) is 0 Å². The fourth-order valence-corrected chi connectivity index (χ4v) is 4.13. The van der Waals surface area contributed by atoms with Crippen LogP contribution in [0.25, 0.3) is 22.5 Å². The minimum atomic E-state index is 0.645. The Labute approximate surface area is 230 Å². The molecule has 35 heavy (non-hydrogen) atoms. The van der Waals surface area contributed by atoms with Crippen molar-refractivity contribution in [2.45, 2.75) is 0 Å². The molecular weight excluding hydrogens is 634 g/mol. The monoisotopic (exact) mass is 653 g/mol. The highest BCUT2D eigenvalue weighted by atomic mass is 79.9. The van der Waals surface area contributed by atoms with Gasteiger partial charge in [0.25, 0.3) is 0 Å². The van der Waals surface area contributed by atoms with Crippen molar-refractivity contribution in [3.8, 4) is 28.4 Å². The van der Waals surface area contributed by atoms with Gasteiger partial charge in [-0.25, -0.2) is 15.0 Å². The van der Waals surface area contributed by atoms with Crippen molar-refractivity contribution in [2.24, 2.45) is 0 Å². The molecule has 0 fully saturated rings. The van der Waals surface area contributed by atoms with E-state index in [1.54, 1.807) is 7.11 Å². The highest BCUT2D eigenvalue weighted by Crippen LogP contribution is 2.19. The molecule has 0 amide bonds. The molecule has 5 rings (SSSR count). The van der Waals surface area contributed by atoms with Crippen LogP contribution in [0.15, 0.2) is 129 Å². The molecular formula is C28H22Br3N3O. The molecule has 0 aliphatic heterocycles. The number of hydrogen-bond acceptors (Lipinski definition) is 4. The van der Waals surface area contributed by atoms with Crippen LogP contribution in [0.1, 0.15) is 0 Å². The first-order valence-electron chi connectivity index (χ1n) is 10.6. The molecule has 0 saturated heterocycles. The molecule has 0 N–H and O–H groups in total. The van der Waals surface area contributed by atoms with Gasteiger partial charge in [0.1, 0.15) is 13.8 Å². The van der Waals surface area contributed by atoms with E-state index in [0.29, 0.717) is 5.88 Å². The summed E-state index contributed by atoms with van der Waals surface area (Å²) in [6.45, 7) is 0. The van der Waals surface area contributed by atoms with E-state index < -0.39 is 0 Å². The molecule has 3 heterocycles. The molecule has 3 aromatic heterocycles. The quantitative estimate of drug-likeness (QED) is 0.182. The van der Waals surface area contributed by atoms with Crippen molar-refractivity contribution in [2.75, 3.05) is 7.11 Å². The summed E-state index contributed by atoms with van der Waals surface area (Å²) < 4.78 is 7.64. The van der Waals surface area contributed by atoms with Crippen LogP contribution in [0.2, 0.25) is 0 Å².